The summed E-state index contributed by atoms with van der Waals surface area (Å²) in [6.45, 7) is 1.43. The predicted molar refractivity (Wildman–Crippen MR) is 74.8 cm³/mol. The minimum Gasteiger partial charge on any atom is -0.333 e. The number of hydrazine groups is 1. The SMILES string of the molecule is NNc1ccc(C(=O)N2CCc3sccc3C2)nc1. The van der Waals surface area contributed by atoms with Crippen LogP contribution in [0.3, 0.4) is 0 Å². The summed E-state index contributed by atoms with van der Waals surface area (Å²) in [6, 6.07) is 5.54. The number of nitrogens with one attached hydrogen (secondary N) is 1. The van der Waals surface area contributed by atoms with E-state index in [-0.39, 0.29) is 5.91 Å². The number of aromatic nitrogens is 1. The zero-order chi connectivity index (χ0) is 13.2. The lowest BCUT2D eigenvalue weighted by atomic mass is 10.1. The second-order valence-electron chi connectivity index (χ2n) is 4.42. The van der Waals surface area contributed by atoms with Gasteiger partial charge in [0.2, 0.25) is 0 Å². The molecule has 19 heavy (non-hydrogen) atoms. The van der Waals surface area contributed by atoms with Gasteiger partial charge in [0, 0.05) is 18.0 Å². The van der Waals surface area contributed by atoms with Gasteiger partial charge < -0.3 is 10.3 Å². The van der Waals surface area contributed by atoms with Crippen LogP contribution in [-0.4, -0.2) is 22.3 Å². The summed E-state index contributed by atoms with van der Waals surface area (Å²) in [5, 5.41) is 2.08. The van der Waals surface area contributed by atoms with Gasteiger partial charge in [-0.2, -0.15) is 0 Å². The van der Waals surface area contributed by atoms with Crippen molar-refractivity contribution >= 4 is 22.9 Å². The van der Waals surface area contributed by atoms with E-state index in [0.29, 0.717) is 17.9 Å². The van der Waals surface area contributed by atoms with Gasteiger partial charge in [0.05, 0.1) is 11.9 Å². The molecule has 0 unspecified atom stereocenters. The van der Waals surface area contributed by atoms with E-state index in [0.717, 1.165) is 13.0 Å². The monoisotopic (exact) mass is 274 g/mol. The van der Waals surface area contributed by atoms with Crippen LogP contribution in [0.5, 0.6) is 0 Å². The first kappa shape index (κ1) is 12.1. The van der Waals surface area contributed by atoms with E-state index >= 15 is 0 Å². The Hall–Kier alpha value is -1.92. The number of hydrogen-bond acceptors (Lipinski definition) is 5. The molecule has 98 valence electrons. The average molecular weight is 274 g/mol. The molecule has 5 nitrogen and oxygen atoms in total. The maximum atomic E-state index is 12.3. The molecule has 0 saturated heterocycles. The van der Waals surface area contributed by atoms with Crippen molar-refractivity contribution in [2.45, 2.75) is 13.0 Å². The highest BCUT2D eigenvalue weighted by molar-refractivity contribution is 7.10. The number of carbonyl (C=O) groups excluding carboxylic acids is 1. The van der Waals surface area contributed by atoms with Crippen LogP contribution < -0.4 is 11.3 Å². The molecular weight excluding hydrogens is 260 g/mol. The lowest BCUT2D eigenvalue weighted by molar-refractivity contribution is 0.0730. The number of anilines is 1. The molecule has 1 aliphatic heterocycles. The molecule has 3 rings (SSSR count). The number of rotatable bonds is 2. The summed E-state index contributed by atoms with van der Waals surface area (Å²) >= 11 is 1.76. The number of nitrogen functional groups attached to an aromatic ring is 1. The van der Waals surface area contributed by atoms with Crippen LogP contribution >= 0.6 is 11.3 Å². The molecule has 3 heterocycles. The number of thiophene rings is 1. The van der Waals surface area contributed by atoms with Gasteiger partial charge in [0.15, 0.2) is 0 Å². The molecule has 1 aliphatic rings. The number of amides is 1. The van der Waals surface area contributed by atoms with Crippen molar-refractivity contribution in [3.8, 4) is 0 Å². The molecule has 2 aromatic heterocycles. The Morgan fingerprint density at radius 3 is 3.05 bits per heavy atom. The van der Waals surface area contributed by atoms with Gasteiger partial charge in [-0.15, -0.1) is 11.3 Å². The zero-order valence-corrected chi connectivity index (χ0v) is 11.1. The van der Waals surface area contributed by atoms with Gasteiger partial charge in [-0.3, -0.25) is 10.6 Å². The van der Waals surface area contributed by atoms with Crippen molar-refractivity contribution in [1.82, 2.24) is 9.88 Å². The van der Waals surface area contributed by atoms with Crippen molar-refractivity contribution in [2.24, 2.45) is 5.84 Å². The first-order valence-corrected chi connectivity index (χ1v) is 6.93. The van der Waals surface area contributed by atoms with E-state index in [4.69, 9.17) is 5.84 Å². The third-order valence-electron chi connectivity index (χ3n) is 3.24. The molecule has 0 atom stereocenters. The fourth-order valence-electron chi connectivity index (χ4n) is 2.19. The molecule has 3 N–H and O–H groups in total. The van der Waals surface area contributed by atoms with Crippen molar-refractivity contribution in [3.05, 3.63) is 45.9 Å². The zero-order valence-electron chi connectivity index (χ0n) is 10.3. The van der Waals surface area contributed by atoms with Gasteiger partial charge in [-0.1, -0.05) is 0 Å². The van der Waals surface area contributed by atoms with E-state index in [1.807, 2.05) is 4.90 Å². The number of pyridine rings is 1. The Balaban J connectivity index is 1.77. The maximum absolute atomic E-state index is 12.3. The van der Waals surface area contributed by atoms with E-state index in [1.165, 1.54) is 10.4 Å². The average Bonchev–Trinajstić information content (AvgIpc) is 2.94. The highest BCUT2D eigenvalue weighted by atomic mass is 32.1. The predicted octanol–water partition coefficient (Wildman–Crippen LogP) is 1.63. The smallest absolute Gasteiger partial charge is 0.272 e. The Bertz CT molecular complexity index is 593. The van der Waals surface area contributed by atoms with Gasteiger partial charge in [0.25, 0.3) is 5.91 Å². The third kappa shape index (κ3) is 2.32. The molecule has 0 aromatic carbocycles. The molecule has 2 aromatic rings. The highest BCUT2D eigenvalue weighted by Gasteiger charge is 2.23. The topological polar surface area (TPSA) is 71.2 Å². The van der Waals surface area contributed by atoms with Crippen molar-refractivity contribution in [1.29, 1.82) is 0 Å². The highest BCUT2D eigenvalue weighted by Crippen LogP contribution is 2.24. The van der Waals surface area contributed by atoms with Crippen molar-refractivity contribution in [2.75, 3.05) is 12.0 Å². The Morgan fingerprint density at radius 1 is 1.42 bits per heavy atom. The lowest BCUT2D eigenvalue weighted by Crippen LogP contribution is -2.35. The Kier molecular flexibility index (Phi) is 3.18. The van der Waals surface area contributed by atoms with E-state index in [9.17, 15) is 4.79 Å². The fourth-order valence-corrected chi connectivity index (χ4v) is 3.08. The molecule has 0 spiro atoms. The minimum atomic E-state index is -0.0274. The number of nitrogens with two attached hydrogens (primary N) is 1. The van der Waals surface area contributed by atoms with Crippen LogP contribution in [-0.2, 0) is 13.0 Å². The van der Waals surface area contributed by atoms with Crippen LogP contribution in [0, 0.1) is 0 Å². The first-order chi connectivity index (χ1) is 9.28. The van der Waals surface area contributed by atoms with Crippen molar-refractivity contribution in [3.63, 3.8) is 0 Å². The quantitative estimate of drug-likeness (QED) is 0.645. The standard InChI is InChI=1S/C13H14N4OS/c14-16-10-1-2-11(15-7-10)13(18)17-5-3-12-9(8-17)4-6-19-12/h1-2,4,6-7,16H,3,5,8,14H2. The third-order valence-corrected chi connectivity index (χ3v) is 4.27. The molecule has 0 aliphatic carbocycles. The second-order valence-corrected chi connectivity index (χ2v) is 5.42. The molecule has 1 amide bonds. The van der Waals surface area contributed by atoms with E-state index in [2.05, 4.69) is 21.9 Å². The molecule has 0 fully saturated rings. The van der Waals surface area contributed by atoms with Crippen LogP contribution in [0.4, 0.5) is 5.69 Å². The molecule has 0 radical (unpaired) electrons. The van der Waals surface area contributed by atoms with Crippen molar-refractivity contribution < 1.29 is 4.79 Å². The number of hydrogen-bond donors (Lipinski definition) is 2. The first-order valence-electron chi connectivity index (χ1n) is 6.05. The summed E-state index contributed by atoms with van der Waals surface area (Å²) in [7, 11) is 0. The number of fused-ring (bicyclic) bond motifs is 1. The van der Waals surface area contributed by atoms with Gasteiger partial charge in [-0.05, 0) is 35.6 Å². The summed E-state index contributed by atoms with van der Waals surface area (Å²) in [4.78, 5) is 19.7. The molecular formula is C13H14N4OS. The Morgan fingerprint density at radius 2 is 2.32 bits per heavy atom. The second kappa shape index (κ2) is 4.99. The van der Waals surface area contributed by atoms with Crippen LogP contribution in [0.1, 0.15) is 20.9 Å². The van der Waals surface area contributed by atoms with Gasteiger partial charge in [0.1, 0.15) is 5.69 Å². The summed E-state index contributed by atoms with van der Waals surface area (Å²) in [6.07, 6.45) is 2.49. The molecule has 0 saturated carbocycles. The fraction of sp³-hybridized carbons (Fsp3) is 0.231. The van der Waals surface area contributed by atoms with E-state index < -0.39 is 0 Å². The normalized spacial score (nSPS) is 14.1. The minimum absolute atomic E-state index is 0.0274. The number of nitrogens with zero attached hydrogens (tertiary/aromatic N) is 2. The Labute approximate surface area is 115 Å². The lowest BCUT2D eigenvalue weighted by Gasteiger charge is -2.26. The summed E-state index contributed by atoms with van der Waals surface area (Å²) < 4.78 is 0. The van der Waals surface area contributed by atoms with Crippen LogP contribution in [0.15, 0.2) is 29.8 Å². The summed E-state index contributed by atoms with van der Waals surface area (Å²) in [5.41, 5.74) is 4.90. The molecule has 0 bridgehead atoms. The molecule has 6 heteroatoms. The largest absolute Gasteiger partial charge is 0.333 e. The van der Waals surface area contributed by atoms with E-state index in [1.54, 1.807) is 29.7 Å². The van der Waals surface area contributed by atoms with Crippen LogP contribution in [0.25, 0.3) is 0 Å². The maximum Gasteiger partial charge on any atom is 0.272 e. The summed E-state index contributed by atoms with van der Waals surface area (Å²) in [5.74, 6) is 5.25. The van der Waals surface area contributed by atoms with Crippen LogP contribution in [0.2, 0.25) is 0 Å². The van der Waals surface area contributed by atoms with Gasteiger partial charge in [-0.25, -0.2) is 4.98 Å². The number of carbonyl (C=O) groups is 1. The van der Waals surface area contributed by atoms with Gasteiger partial charge >= 0.3 is 0 Å².